The molecule has 2 aromatic rings. The van der Waals surface area contributed by atoms with E-state index in [9.17, 15) is 4.39 Å². The largest absolute Gasteiger partial charge is 0.454 e. The first-order valence-corrected chi connectivity index (χ1v) is 8.22. The van der Waals surface area contributed by atoms with Gasteiger partial charge in [0.1, 0.15) is 5.82 Å². The van der Waals surface area contributed by atoms with Crippen LogP contribution in [0.4, 0.5) is 4.39 Å². The van der Waals surface area contributed by atoms with Crippen LogP contribution < -0.4 is 20.1 Å². The van der Waals surface area contributed by atoms with Gasteiger partial charge in [0, 0.05) is 20.1 Å². The quantitative estimate of drug-likeness (QED) is 0.365. The summed E-state index contributed by atoms with van der Waals surface area (Å²) in [6.45, 7) is 1.33. The molecule has 2 aromatic carbocycles. The van der Waals surface area contributed by atoms with Gasteiger partial charge in [-0.1, -0.05) is 12.1 Å². The van der Waals surface area contributed by atoms with Gasteiger partial charge in [0.2, 0.25) is 6.79 Å². The van der Waals surface area contributed by atoms with Crippen LogP contribution in [0.1, 0.15) is 11.1 Å². The van der Waals surface area contributed by atoms with Crippen molar-refractivity contribution in [2.45, 2.75) is 13.1 Å². The molecule has 134 valence electrons. The van der Waals surface area contributed by atoms with E-state index in [1.54, 1.807) is 13.1 Å². The van der Waals surface area contributed by atoms with Crippen molar-refractivity contribution in [1.29, 1.82) is 0 Å². The van der Waals surface area contributed by atoms with Gasteiger partial charge in [0.25, 0.3) is 0 Å². The standard InChI is InChI=1S/C17H17BrFN3O2.HI/c1-20-17(21-8-11-2-4-13(18)14(19)6-11)22-9-12-3-5-15-16(7-12)24-10-23-15;/h2-7H,8-10H2,1H3,(H2,20,21,22);1H. The molecule has 0 saturated heterocycles. The number of hydrogen-bond acceptors (Lipinski definition) is 3. The summed E-state index contributed by atoms with van der Waals surface area (Å²) in [7, 11) is 1.69. The third-order valence-electron chi connectivity index (χ3n) is 3.56. The summed E-state index contributed by atoms with van der Waals surface area (Å²) in [5, 5.41) is 6.37. The molecule has 0 fully saturated rings. The summed E-state index contributed by atoms with van der Waals surface area (Å²) >= 11 is 3.14. The average molecular weight is 522 g/mol. The number of hydrogen-bond donors (Lipinski definition) is 2. The molecule has 1 aliphatic heterocycles. The summed E-state index contributed by atoms with van der Waals surface area (Å²) in [4.78, 5) is 4.17. The van der Waals surface area contributed by atoms with E-state index in [0.717, 1.165) is 22.6 Å². The molecular formula is C17H18BrFIN3O2. The Bertz CT molecular complexity index is 774. The first-order valence-electron chi connectivity index (χ1n) is 7.42. The Labute approximate surface area is 171 Å². The SMILES string of the molecule is CN=C(NCc1ccc(Br)c(F)c1)NCc1ccc2c(c1)OCO2.I. The fourth-order valence-corrected chi connectivity index (χ4v) is 2.54. The van der Waals surface area contributed by atoms with Crippen LogP contribution in [0, 0.1) is 5.82 Å². The molecule has 0 bridgehead atoms. The van der Waals surface area contributed by atoms with Crippen LogP contribution in [0.5, 0.6) is 11.5 Å². The molecule has 0 spiro atoms. The van der Waals surface area contributed by atoms with Gasteiger partial charge in [-0.3, -0.25) is 4.99 Å². The summed E-state index contributed by atoms with van der Waals surface area (Å²) in [5.74, 6) is 1.87. The number of benzene rings is 2. The highest BCUT2D eigenvalue weighted by Crippen LogP contribution is 2.32. The van der Waals surface area contributed by atoms with Gasteiger partial charge in [-0.15, -0.1) is 24.0 Å². The highest BCUT2D eigenvalue weighted by molar-refractivity contribution is 14.0. The zero-order chi connectivity index (χ0) is 16.9. The zero-order valence-corrected chi connectivity index (χ0v) is 17.4. The van der Waals surface area contributed by atoms with Gasteiger partial charge >= 0.3 is 0 Å². The molecule has 5 nitrogen and oxygen atoms in total. The molecule has 0 aliphatic carbocycles. The van der Waals surface area contributed by atoms with E-state index in [4.69, 9.17) is 9.47 Å². The highest BCUT2D eigenvalue weighted by atomic mass is 127. The molecular weight excluding hydrogens is 504 g/mol. The van der Waals surface area contributed by atoms with Crippen LogP contribution in [0.25, 0.3) is 0 Å². The molecule has 0 aromatic heterocycles. The van der Waals surface area contributed by atoms with Gasteiger partial charge in [0.05, 0.1) is 4.47 Å². The van der Waals surface area contributed by atoms with Gasteiger partial charge in [-0.2, -0.15) is 0 Å². The molecule has 8 heteroatoms. The topological polar surface area (TPSA) is 54.9 Å². The van der Waals surface area contributed by atoms with Crippen molar-refractivity contribution >= 4 is 45.9 Å². The lowest BCUT2D eigenvalue weighted by Crippen LogP contribution is -2.36. The maximum atomic E-state index is 13.5. The fourth-order valence-electron chi connectivity index (χ4n) is 2.29. The second-order valence-corrected chi connectivity index (χ2v) is 6.07. The number of rotatable bonds is 4. The molecule has 2 N–H and O–H groups in total. The number of nitrogens with zero attached hydrogens (tertiary/aromatic N) is 1. The van der Waals surface area contributed by atoms with Crippen LogP contribution in [0.2, 0.25) is 0 Å². The van der Waals surface area contributed by atoms with Crippen LogP contribution >= 0.6 is 39.9 Å². The van der Waals surface area contributed by atoms with Crippen molar-refractivity contribution in [1.82, 2.24) is 10.6 Å². The van der Waals surface area contributed by atoms with Crippen molar-refractivity contribution in [3.8, 4) is 11.5 Å². The van der Waals surface area contributed by atoms with E-state index in [1.807, 2.05) is 24.3 Å². The van der Waals surface area contributed by atoms with Crippen molar-refractivity contribution < 1.29 is 13.9 Å². The summed E-state index contributed by atoms with van der Waals surface area (Å²) in [6.07, 6.45) is 0. The normalized spacial score (nSPS) is 12.5. The fraction of sp³-hybridized carbons (Fsp3) is 0.235. The molecule has 1 aliphatic rings. The molecule has 0 amide bonds. The predicted octanol–water partition coefficient (Wildman–Crippen LogP) is 3.80. The van der Waals surface area contributed by atoms with E-state index in [0.29, 0.717) is 23.5 Å². The van der Waals surface area contributed by atoms with Gasteiger partial charge < -0.3 is 20.1 Å². The number of ether oxygens (including phenoxy) is 2. The summed E-state index contributed by atoms with van der Waals surface area (Å²) < 4.78 is 24.6. The second-order valence-electron chi connectivity index (χ2n) is 5.22. The summed E-state index contributed by atoms with van der Waals surface area (Å²) in [6, 6.07) is 10.8. The first-order chi connectivity index (χ1) is 11.7. The van der Waals surface area contributed by atoms with Crippen molar-refractivity contribution in [2.24, 2.45) is 4.99 Å². The average Bonchev–Trinajstić information content (AvgIpc) is 3.06. The third kappa shape index (κ3) is 5.21. The second kappa shape index (κ2) is 9.23. The van der Waals surface area contributed by atoms with Crippen LogP contribution in [0.15, 0.2) is 45.9 Å². The van der Waals surface area contributed by atoms with Crippen LogP contribution in [-0.2, 0) is 13.1 Å². The molecule has 0 radical (unpaired) electrons. The highest BCUT2D eigenvalue weighted by Gasteiger charge is 2.13. The van der Waals surface area contributed by atoms with Crippen molar-refractivity contribution in [3.63, 3.8) is 0 Å². The lowest BCUT2D eigenvalue weighted by molar-refractivity contribution is 0.174. The Morgan fingerprint density at radius 2 is 1.72 bits per heavy atom. The van der Waals surface area contributed by atoms with Crippen molar-refractivity contribution in [3.05, 3.63) is 57.8 Å². The van der Waals surface area contributed by atoms with Crippen LogP contribution in [-0.4, -0.2) is 19.8 Å². The molecule has 0 saturated carbocycles. The summed E-state index contributed by atoms with van der Waals surface area (Å²) in [5.41, 5.74) is 1.89. The van der Waals surface area contributed by atoms with Crippen LogP contribution in [0.3, 0.4) is 0 Å². The predicted molar refractivity (Wildman–Crippen MR) is 109 cm³/mol. The Hall–Kier alpha value is -1.55. The number of aliphatic imine (C=N–C) groups is 1. The number of nitrogens with one attached hydrogen (secondary N) is 2. The Balaban J connectivity index is 0.00000225. The molecule has 25 heavy (non-hydrogen) atoms. The zero-order valence-electron chi connectivity index (χ0n) is 13.5. The van der Waals surface area contributed by atoms with Gasteiger partial charge in [-0.05, 0) is 51.3 Å². The Kier molecular flexibility index (Phi) is 7.30. The smallest absolute Gasteiger partial charge is 0.231 e. The monoisotopic (exact) mass is 521 g/mol. The van der Waals surface area contributed by atoms with E-state index >= 15 is 0 Å². The third-order valence-corrected chi connectivity index (χ3v) is 4.21. The maximum absolute atomic E-state index is 13.5. The van der Waals surface area contributed by atoms with E-state index < -0.39 is 0 Å². The molecule has 3 rings (SSSR count). The molecule has 0 unspecified atom stereocenters. The minimum absolute atomic E-state index is 0. The van der Waals surface area contributed by atoms with E-state index in [-0.39, 0.29) is 36.6 Å². The Morgan fingerprint density at radius 1 is 1.08 bits per heavy atom. The van der Waals surface area contributed by atoms with E-state index in [2.05, 4.69) is 31.6 Å². The van der Waals surface area contributed by atoms with Gasteiger partial charge in [-0.25, -0.2) is 4.39 Å². The number of fused-ring (bicyclic) bond motifs is 1. The number of halogens is 3. The lowest BCUT2D eigenvalue weighted by atomic mass is 10.2. The first kappa shape index (κ1) is 19.8. The molecule has 0 atom stereocenters. The minimum Gasteiger partial charge on any atom is -0.454 e. The number of guanidine groups is 1. The van der Waals surface area contributed by atoms with Gasteiger partial charge in [0.15, 0.2) is 17.5 Å². The molecule has 1 heterocycles. The Morgan fingerprint density at radius 3 is 2.40 bits per heavy atom. The van der Waals surface area contributed by atoms with E-state index in [1.165, 1.54) is 6.07 Å². The minimum atomic E-state index is -0.280. The maximum Gasteiger partial charge on any atom is 0.231 e. The van der Waals surface area contributed by atoms with Crippen molar-refractivity contribution in [2.75, 3.05) is 13.8 Å². The lowest BCUT2D eigenvalue weighted by Gasteiger charge is -2.12.